The van der Waals surface area contributed by atoms with Gasteiger partial charge in [-0.2, -0.15) is 5.26 Å². The van der Waals surface area contributed by atoms with Gasteiger partial charge in [0.15, 0.2) is 5.11 Å². The molecule has 0 spiro atoms. The minimum atomic E-state index is -0.108. The highest BCUT2D eigenvalue weighted by Gasteiger charge is 2.19. The molecule has 0 unspecified atom stereocenters. The van der Waals surface area contributed by atoms with E-state index >= 15 is 0 Å². The minimum absolute atomic E-state index is 0.108. The number of hydrogen-bond donors (Lipinski definition) is 2. The quantitative estimate of drug-likeness (QED) is 0.488. The first-order chi connectivity index (χ1) is 4.72. The molecule has 2 atom stereocenters. The third kappa shape index (κ3) is 1.58. The van der Waals surface area contributed by atoms with Crippen molar-refractivity contribution in [3.63, 3.8) is 0 Å². The molecule has 4 heteroatoms. The third-order valence-corrected chi connectivity index (χ3v) is 1.66. The number of nitrogens with zero attached hydrogens (tertiary/aromatic N) is 1. The van der Waals surface area contributed by atoms with Gasteiger partial charge in [-0.3, -0.25) is 0 Å². The van der Waals surface area contributed by atoms with Crippen molar-refractivity contribution >= 4 is 17.3 Å². The van der Waals surface area contributed by atoms with Crippen LogP contribution in [0.15, 0.2) is 0 Å². The number of rotatable bonds is 0. The van der Waals surface area contributed by atoms with Crippen molar-refractivity contribution in [3.05, 3.63) is 0 Å². The maximum atomic E-state index is 8.53. The summed E-state index contributed by atoms with van der Waals surface area (Å²) >= 11 is 4.85. The zero-order valence-corrected chi connectivity index (χ0v) is 6.53. The molecule has 0 aliphatic carbocycles. The molecule has 3 nitrogen and oxygen atoms in total. The van der Waals surface area contributed by atoms with Crippen molar-refractivity contribution in [1.29, 1.82) is 5.26 Å². The van der Waals surface area contributed by atoms with Crippen LogP contribution in [-0.4, -0.2) is 17.2 Å². The van der Waals surface area contributed by atoms with Gasteiger partial charge in [0, 0.05) is 12.5 Å². The Morgan fingerprint density at radius 1 is 1.70 bits per heavy atom. The molecule has 0 radical (unpaired) electrons. The molecule has 1 heterocycles. The highest BCUT2D eigenvalue weighted by Crippen LogP contribution is 2.01. The van der Waals surface area contributed by atoms with Crippen LogP contribution in [0, 0.1) is 11.3 Å². The van der Waals surface area contributed by atoms with Crippen molar-refractivity contribution < 1.29 is 0 Å². The lowest BCUT2D eigenvalue weighted by Crippen LogP contribution is -2.52. The second-order valence-electron chi connectivity index (χ2n) is 2.44. The summed E-state index contributed by atoms with van der Waals surface area (Å²) in [5.41, 5.74) is 0. The number of thiocarbonyl (C=S) groups is 1. The van der Waals surface area contributed by atoms with E-state index < -0.39 is 0 Å². The average molecular weight is 155 g/mol. The van der Waals surface area contributed by atoms with E-state index in [9.17, 15) is 0 Å². The predicted octanol–water partition coefficient (Wildman–Crippen LogP) is 0.135. The fourth-order valence-corrected chi connectivity index (χ4v) is 1.32. The molecule has 0 aromatic rings. The lowest BCUT2D eigenvalue weighted by molar-refractivity contribution is 0.500. The molecular formula is C6H9N3S. The maximum Gasteiger partial charge on any atom is 0.167 e. The Balaban J connectivity index is 2.52. The van der Waals surface area contributed by atoms with E-state index in [-0.39, 0.29) is 6.04 Å². The molecule has 0 bridgehead atoms. The molecule has 0 aromatic carbocycles. The van der Waals surface area contributed by atoms with Gasteiger partial charge in [0.1, 0.15) is 6.04 Å². The molecule has 1 rings (SSSR count). The van der Waals surface area contributed by atoms with Gasteiger partial charge in [-0.15, -0.1) is 0 Å². The molecule has 1 saturated heterocycles. The first-order valence-corrected chi connectivity index (χ1v) is 3.60. The molecule has 2 N–H and O–H groups in total. The Morgan fingerprint density at radius 2 is 2.40 bits per heavy atom. The monoisotopic (exact) mass is 155 g/mol. The van der Waals surface area contributed by atoms with Crippen LogP contribution in [0.4, 0.5) is 0 Å². The van der Waals surface area contributed by atoms with Crippen LogP contribution in [0.5, 0.6) is 0 Å². The highest BCUT2D eigenvalue weighted by atomic mass is 32.1. The summed E-state index contributed by atoms with van der Waals surface area (Å²) in [6.45, 7) is 2.01. The molecule has 1 aliphatic rings. The SMILES string of the molecule is C[C@H]1C[C@@H](C#N)NC(=S)N1. The molecule has 54 valence electrons. The predicted molar refractivity (Wildman–Crippen MR) is 42.3 cm³/mol. The van der Waals surface area contributed by atoms with Gasteiger partial charge in [-0.1, -0.05) is 0 Å². The van der Waals surface area contributed by atoms with Crippen LogP contribution in [0.2, 0.25) is 0 Å². The topological polar surface area (TPSA) is 47.9 Å². The maximum absolute atomic E-state index is 8.53. The van der Waals surface area contributed by atoms with E-state index in [0.29, 0.717) is 11.2 Å². The zero-order valence-electron chi connectivity index (χ0n) is 5.72. The van der Waals surface area contributed by atoms with Gasteiger partial charge in [0.05, 0.1) is 6.07 Å². The van der Waals surface area contributed by atoms with Crippen LogP contribution >= 0.6 is 12.2 Å². The molecule has 10 heavy (non-hydrogen) atoms. The molecule has 0 saturated carbocycles. The van der Waals surface area contributed by atoms with Crippen molar-refractivity contribution in [3.8, 4) is 6.07 Å². The number of nitriles is 1. The van der Waals surface area contributed by atoms with Gasteiger partial charge in [0.25, 0.3) is 0 Å². The van der Waals surface area contributed by atoms with Crippen molar-refractivity contribution in [1.82, 2.24) is 10.6 Å². The summed E-state index contributed by atoms with van der Waals surface area (Å²) in [5, 5.41) is 15.0. The van der Waals surface area contributed by atoms with Gasteiger partial charge in [-0.25, -0.2) is 0 Å². The smallest absolute Gasteiger partial charge is 0.167 e. The lowest BCUT2D eigenvalue weighted by Gasteiger charge is -2.26. The summed E-state index contributed by atoms with van der Waals surface area (Å²) in [5.74, 6) is 0. The summed E-state index contributed by atoms with van der Waals surface area (Å²) in [6, 6.07) is 2.34. The number of hydrogen-bond acceptors (Lipinski definition) is 2. The lowest BCUT2D eigenvalue weighted by atomic mass is 10.1. The molecule has 1 fully saturated rings. The van der Waals surface area contributed by atoms with E-state index in [1.54, 1.807) is 0 Å². The zero-order chi connectivity index (χ0) is 7.56. The van der Waals surface area contributed by atoms with Crippen LogP contribution in [0.3, 0.4) is 0 Å². The Hall–Kier alpha value is -0.820. The third-order valence-electron chi connectivity index (χ3n) is 1.43. The standard InChI is InChI=1S/C6H9N3S/c1-4-2-5(3-7)9-6(10)8-4/h4-5H,2H2,1H3,(H2,8,9,10)/t4-,5-/m0/s1. The normalized spacial score (nSPS) is 31.8. The highest BCUT2D eigenvalue weighted by molar-refractivity contribution is 7.80. The van der Waals surface area contributed by atoms with Gasteiger partial charge in [0.2, 0.25) is 0 Å². The number of nitrogens with one attached hydrogen (secondary N) is 2. The summed E-state index contributed by atoms with van der Waals surface area (Å²) < 4.78 is 0. The van der Waals surface area contributed by atoms with E-state index in [4.69, 9.17) is 17.5 Å². The van der Waals surface area contributed by atoms with E-state index in [1.807, 2.05) is 6.92 Å². The fourth-order valence-electron chi connectivity index (χ4n) is 0.980. The van der Waals surface area contributed by atoms with Gasteiger partial charge in [-0.05, 0) is 19.1 Å². The molecule has 0 aromatic heterocycles. The van der Waals surface area contributed by atoms with Crippen molar-refractivity contribution in [2.24, 2.45) is 0 Å². The first-order valence-electron chi connectivity index (χ1n) is 3.19. The first kappa shape index (κ1) is 7.29. The summed E-state index contributed by atoms with van der Waals surface area (Å²) in [4.78, 5) is 0. The second kappa shape index (κ2) is 2.84. The fraction of sp³-hybridized carbons (Fsp3) is 0.667. The van der Waals surface area contributed by atoms with Crippen molar-refractivity contribution in [2.45, 2.75) is 25.4 Å². The summed E-state index contributed by atoms with van der Waals surface area (Å²) in [6.07, 6.45) is 0.816. The molecular weight excluding hydrogens is 146 g/mol. The Labute approximate surface area is 65.4 Å². The van der Waals surface area contributed by atoms with Crippen LogP contribution in [0.25, 0.3) is 0 Å². The van der Waals surface area contributed by atoms with E-state index in [2.05, 4.69) is 16.7 Å². The van der Waals surface area contributed by atoms with Gasteiger partial charge >= 0.3 is 0 Å². The summed E-state index contributed by atoms with van der Waals surface area (Å²) in [7, 11) is 0. The Morgan fingerprint density at radius 3 is 2.90 bits per heavy atom. The van der Waals surface area contributed by atoms with Crippen molar-refractivity contribution in [2.75, 3.05) is 0 Å². The van der Waals surface area contributed by atoms with Crippen LogP contribution < -0.4 is 10.6 Å². The van der Waals surface area contributed by atoms with Crippen LogP contribution in [-0.2, 0) is 0 Å². The van der Waals surface area contributed by atoms with E-state index in [0.717, 1.165) is 6.42 Å². The minimum Gasteiger partial charge on any atom is -0.360 e. The Kier molecular flexibility index (Phi) is 2.07. The average Bonchev–Trinajstić information content (AvgIpc) is 1.85. The van der Waals surface area contributed by atoms with E-state index in [1.165, 1.54) is 0 Å². The van der Waals surface area contributed by atoms with Gasteiger partial charge < -0.3 is 10.6 Å². The van der Waals surface area contributed by atoms with Crippen LogP contribution in [0.1, 0.15) is 13.3 Å². The largest absolute Gasteiger partial charge is 0.360 e. The molecule has 0 amide bonds. The second-order valence-corrected chi connectivity index (χ2v) is 2.84. The Bertz CT molecular complexity index is 184. The molecule has 1 aliphatic heterocycles.